The molecule has 0 bridgehead atoms. The molecule has 9 heteroatoms. The van der Waals surface area contributed by atoms with Gasteiger partial charge in [0, 0.05) is 44.0 Å². The molecule has 0 atom stereocenters. The van der Waals surface area contributed by atoms with E-state index >= 15 is 0 Å². The van der Waals surface area contributed by atoms with Crippen LogP contribution in [-0.2, 0) is 0 Å². The van der Waals surface area contributed by atoms with Crippen molar-refractivity contribution in [3.63, 3.8) is 0 Å². The summed E-state index contributed by atoms with van der Waals surface area (Å²) < 4.78 is 5.09. The zero-order valence-electron chi connectivity index (χ0n) is 40.4. The van der Waals surface area contributed by atoms with Gasteiger partial charge in [0.1, 0.15) is 54.9 Å². The van der Waals surface area contributed by atoms with Crippen LogP contribution in [0.1, 0.15) is 0 Å². The van der Waals surface area contributed by atoms with E-state index in [0.717, 1.165) is 0 Å². The third kappa shape index (κ3) is 6.73. The highest BCUT2D eigenvalue weighted by Gasteiger charge is 2.26. The number of rotatable bonds is 7. The molecule has 2 nitrogen and oxygen atoms in total. The van der Waals surface area contributed by atoms with Crippen LogP contribution in [0.2, 0.25) is 0 Å². The molecule has 12 rings (SSSR count). The van der Waals surface area contributed by atoms with Crippen molar-refractivity contribution in [3.05, 3.63) is 200 Å². The molecule has 318 valence electrons. The minimum Gasteiger partial charge on any atom is -0.310 e. The Morgan fingerprint density at radius 3 is 1.36 bits per heavy atom. The fourth-order valence-electron chi connectivity index (χ4n) is 11.5. The van der Waals surface area contributed by atoms with Crippen LogP contribution in [0.15, 0.2) is 200 Å². The Kier molecular flexibility index (Phi) is 10.4. The van der Waals surface area contributed by atoms with Gasteiger partial charge < -0.3 is 9.13 Å². The topological polar surface area (TPSA) is 9.86 Å². The van der Waals surface area contributed by atoms with E-state index in [9.17, 15) is 0 Å². The molecule has 0 aliphatic rings. The molecule has 0 unspecified atom stereocenters. The summed E-state index contributed by atoms with van der Waals surface area (Å²) in [7, 11) is 16.3. The lowest BCUT2D eigenvalue weighted by atomic mass is 9.64. The molecule has 0 aliphatic heterocycles. The summed E-state index contributed by atoms with van der Waals surface area (Å²) in [6, 6.07) is 73.4. The lowest BCUT2D eigenvalue weighted by Gasteiger charge is -2.19. The monoisotopic (exact) mass is 872 g/mol. The summed E-state index contributed by atoms with van der Waals surface area (Å²) in [5.41, 5.74) is 29.0. The predicted octanol–water partition coefficient (Wildman–Crippen LogP) is 4.02. The Morgan fingerprint density at radius 2 is 0.739 bits per heavy atom. The van der Waals surface area contributed by atoms with Crippen molar-refractivity contribution in [3.8, 4) is 67.0 Å². The van der Waals surface area contributed by atoms with Crippen molar-refractivity contribution in [1.82, 2.24) is 9.13 Å². The van der Waals surface area contributed by atoms with Gasteiger partial charge in [0.25, 0.3) is 0 Å². The highest BCUT2D eigenvalue weighted by Crippen LogP contribution is 2.42. The molecule has 0 saturated heterocycles. The van der Waals surface area contributed by atoms with Crippen molar-refractivity contribution in [2.75, 3.05) is 0 Å². The maximum atomic E-state index is 2.58. The van der Waals surface area contributed by atoms with Crippen molar-refractivity contribution in [2.24, 2.45) is 0 Å². The predicted molar refractivity (Wildman–Crippen MR) is 320 cm³/mol. The first-order chi connectivity index (χ1) is 33.7. The largest absolute Gasteiger partial charge is 0.310 e. The summed E-state index contributed by atoms with van der Waals surface area (Å²) in [6.45, 7) is 0. The highest BCUT2D eigenvalue weighted by atomic mass is 15.0. The van der Waals surface area contributed by atoms with Crippen molar-refractivity contribution >= 4 is 137 Å². The van der Waals surface area contributed by atoms with Gasteiger partial charge in [-0.05, 0) is 80.2 Å². The molecule has 0 saturated carbocycles. The van der Waals surface area contributed by atoms with E-state index in [-0.39, 0.29) is 0 Å². The molecule has 0 fully saturated rings. The van der Waals surface area contributed by atoms with E-state index in [1.807, 2.05) is 0 Å². The number of nitrogens with zero attached hydrogens (tertiary/aromatic N) is 2. The van der Waals surface area contributed by atoms with E-state index in [2.05, 4.69) is 264 Å². The molecule has 0 amide bonds. The molecule has 2 aromatic heterocycles. The van der Waals surface area contributed by atoms with Gasteiger partial charge in [-0.2, -0.15) is 0 Å². The summed E-state index contributed by atoms with van der Waals surface area (Å²) in [4.78, 5) is 0. The molecule has 69 heavy (non-hydrogen) atoms. The van der Waals surface area contributed by atoms with Gasteiger partial charge in [-0.3, -0.25) is 0 Å². The van der Waals surface area contributed by atoms with Crippen LogP contribution in [0.3, 0.4) is 0 Å². The first-order valence-corrected chi connectivity index (χ1v) is 24.3. The third-order valence-corrected chi connectivity index (χ3v) is 15.5. The van der Waals surface area contributed by atoms with Crippen molar-refractivity contribution in [1.29, 1.82) is 0 Å². The van der Waals surface area contributed by atoms with Crippen molar-refractivity contribution < 1.29 is 0 Å². The fourth-order valence-corrected chi connectivity index (χ4v) is 11.5. The van der Waals surface area contributed by atoms with Gasteiger partial charge in [0.15, 0.2) is 0 Å². The zero-order valence-corrected chi connectivity index (χ0v) is 40.4. The fraction of sp³-hybridized carbons (Fsp3) is 0. The summed E-state index contributed by atoms with van der Waals surface area (Å²) in [6.07, 6.45) is 0. The van der Waals surface area contributed by atoms with Gasteiger partial charge in [-0.25, -0.2) is 0 Å². The Labute approximate surface area is 410 Å². The second-order valence-corrected chi connectivity index (χ2v) is 19.0. The number of benzene rings is 10. The van der Waals surface area contributed by atoms with Gasteiger partial charge in [0.05, 0.1) is 16.7 Å². The number of hydrogen-bond donors (Lipinski definition) is 0. The van der Waals surface area contributed by atoms with E-state index in [1.165, 1.54) is 149 Å². The van der Waals surface area contributed by atoms with Crippen LogP contribution in [-0.4, -0.2) is 64.1 Å². The third-order valence-electron chi connectivity index (χ3n) is 15.5. The van der Waals surface area contributed by atoms with Gasteiger partial charge in [-0.1, -0.05) is 203 Å². The highest BCUT2D eigenvalue weighted by molar-refractivity contribution is 6.69. The van der Waals surface area contributed by atoms with Gasteiger partial charge in [0.2, 0.25) is 0 Å². The molecule has 0 spiro atoms. The second-order valence-electron chi connectivity index (χ2n) is 19.0. The number of aromatic nitrogens is 2. The first-order valence-electron chi connectivity index (χ1n) is 24.3. The van der Waals surface area contributed by atoms with Gasteiger partial charge in [-0.15, -0.1) is 5.46 Å². The SMILES string of the molecule is Bc1c(B)c(B)c2c(c1B)c1c(B)c(-c3ccc4c(c3)c3cccc(-c5ccccc5)c3n4-c3ccccc3-c3ccccc3)c(B)c(B)c1n2-c1ccc(-c2ccc(-c3ccccc3)cc2)cc1. The molecule has 12 aromatic rings. The van der Waals surface area contributed by atoms with Crippen LogP contribution in [0.5, 0.6) is 0 Å². The lowest BCUT2D eigenvalue weighted by Crippen LogP contribution is -2.48. The smallest absolute Gasteiger partial charge is 0.141 e. The molecule has 0 N–H and O–H groups in total. The van der Waals surface area contributed by atoms with Crippen LogP contribution < -0.4 is 38.2 Å². The number of para-hydroxylation sites is 2. The Hall–Kier alpha value is -7.75. The summed E-state index contributed by atoms with van der Waals surface area (Å²) in [5, 5.41) is 5.19. The summed E-state index contributed by atoms with van der Waals surface area (Å²) in [5.74, 6) is 0. The van der Waals surface area contributed by atoms with Crippen LogP contribution in [0.25, 0.3) is 111 Å². The minimum absolute atomic E-state index is 1.17. The van der Waals surface area contributed by atoms with Crippen molar-refractivity contribution in [2.45, 2.75) is 0 Å². The zero-order chi connectivity index (χ0) is 47.1. The normalized spacial score (nSPS) is 11.6. The van der Waals surface area contributed by atoms with Crippen LogP contribution in [0.4, 0.5) is 0 Å². The Bertz CT molecular complexity index is 3990. The average molecular weight is 872 g/mol. The van der Waals surface area contributed by atoms with E-state index in [1.54, 1.807) is 0 Å². The number of hydrogen-bond acceptors (Lipinski definition) is 0. The molecule has 0 radical (unpaired) electrons. The quantitative estimate of drug-likeness (QED) is 0.215. The lowest BCUT2D eigenvalue weighted by molar-refractivity contribution is 1.18. The van der Waals surface area contributed by atoms with E-state index < -0.39 is 0 Å². The molecule has 10 aromatic carbocycles. The first kappa shape index (κ1) is 42.6. The maximum absolute atomic E-state index is 2.58. The van der Waals surface area contributed by atoms with Crippen LogP contribution in [0, 0.1) is 0 Å². The average Bonchev–Trinajstić information content (AvgIpc) is 3.94. The molecule has 2 heterocycles. The second kappa shape index (κ2) is 16.8. The van der Waals surface area contributed by atoms with E-state index in [0.29, 0.717) is 0 Å². The Morgan fingerprint density at radius 1 is 0.275 bits per heavy atom. The van der Waals surface area contributed by atoms with Crippen LogP contribution >= 0.6 is 0 Å². The molecular formula is C60H47B7N2. The standard InChI is InChI=1S/C60H47B7N2/c61-51-48(40-29-32-47-45(33-40)44-21-12-20-43(39-17-8-3-9-18-39)58(44)69(47)46-22-11-10-19-42(46)38-15-6-2-7-16-38)52(62)56(66)59-49(51)50-53(63)54(64)55(65)57(67)60(50)68(59)41-30-27-37(28-31-41)36-25-23-35(24-26-36)34-13-4-1-5-14-34/h1-33H,61-67H2. The molecule has 0 aliphatic carbocycles. The maximum Gasteiger partial charge on any atom is 0.141 e. The molecular weight excluding hydrogens is 824 g/mol. The Balaban J connectivity index is 1.08. The minimum atomic E-state index is 1.17. The van der Waals surface area contributed by atoms with E-state index in [4.69, 9.17) is 0 Å². The summed E-state index contributed by atoms with van der Waals surface area (Å²) >= 11 is 0. The van der Waals surface area contributed by atoms with Gasteiger partial charge >= 0.3 is 0 Å². The number of fused-ring (bicyclic) bond motifs is 6.